The number of hydrogen-bond acceptors (Lipinski definition) is 4. The Bertz CT molecular complexity index is 655. The van der Waals surface area contributed by atoms with Crippen LogP contribution in [0.25, 0.3) is 0 Å². The minimum Gasteiger partial charge on any atom is -0.457 e. The van der Waals surface area contributed by atoms with Gasteiger partial charge in [-0.05, 0) is 24.6 Å². The Balaban J connectivity index is 2.06. The van der Waals surface area contributed by atoms with Gasteiger partial charge in [-0.2, -0.15) is 0 Å². The number of aromatic nitrogens is 1. The van der Waals surface area contributed by atoms with E-state index in [9.17, 15) is 14.0 Å². The molecule has 20 heavy (non-hydrogen) atoms. The Labute approximate surface area is 115 Å². The summed E-state index contributed by atoms with van der Waals surface area (Å²) >= 11 is 0. The SMILES string of the molecule is CC(=O)c1cccc(COC(=O)c2ccncc2F)c1. The monoisotopic (exact) mass is 273 g/mol. The number of Topliss-reactive ketones (excluding diaryl/α,β-unsaturated/α-hetero) is 1. The molecule has 0 saturated heterocycles. The summed E-state index contributed by atoms with van der Waals surface area (Å²) in [4.78, 5) is 26.5. The van der Waals surface area contributed by atoms with Gasteiger partial charge in [0.15, 0.2) is 11.6 Å². The smallest absolute Gasteiger partial charge is 0.341 e. The van der Waals surface area contributed by atoms with Crippen molar-refractivity contribution in [3.05, 3.63) is 65.2 Å². The molecule has 4 nitrogen and oxygen atoms in total. The molecular formula is C15H12FNO3. The van der Waals surface area contributed by atoms with Crippen LogP contribution in [0, 0.1) is 5.82 Å². The van der Waals surface area contributed by atoms with Gasteiger partial charge < -0.3 is 4.74 Å². The molecule has 0 N–H and O–H groups in total. The van der Waals surface area contributed by atoms with Gasteiger partial charge in [-0.1, -0.05) is 18.2 Å². The van der Waals surface area contributed by atoms with E-state index in [-0.39, 0.29) is 18.0 Å². The number of halogens is 1. The molecule has 5 heteroatoms. The number of benzene rings is 1. The van der Waals surface area contributed by atoms with Crippen LogP contribution in [0.4, 0.5) is 4.39 Å². The Morgan fingerprint density at radius 1 is 1.30 bits per heavy atom. The normalized spacial score (nSPS) is 10.1. The molecular weight excluding hydrogens is 261 g/mol. The predicted octanol–water partition coefficient (Wildman–Crippen LogP) is 2.78. The van der Waals surface area contributed by atoms with Crippen LogP contribution in [0.1, 0.15) is 33.2 Å². The van der Waals surface area contributed by atoms with E-state index in [1.54, 1.807) is 24.3 Å². The molecule has 1 aromatic carbocycles. The number of nitrogens with zero attached hydrogens (tertiary/aromatic N) is 1. The van der Waals surface area contributed by atoms with E-state index in [1.165, 1.54) is 19.2 Å². The highest BCUT2D eigenvalue weighted by atomic mass is 19.1. The first-order chi connectivity index (χ1) is 9.58. The number of rotatable bonds is 4. The number of ether oxygens (including phenoxy) is 1. The number of carbonyl (C=O) groups is 2. The van der Waals surface area contributed by atoms with Crippen LogP contribution >= 0.6 is 0 Å². The molecule has 0 aliphatic rings. The van der Waals surface area contributed by atoms with Crippen LogP contribution in [-0.2, 0) is 11.3 Å². The summed E-state index contributed by atoms with van der Waals surface area (Å²) in [6.07, 6.45) is 2.27. The molecule has 102 valence electrons. The average molecular weight is 273 g/mol. The van der Waals surface area contributed by atoms with Gasteiger partial charge in [0.1, 0.15) is 6.61 Å². The van der Waals surface area contributed by atoms with Crippen LogP contribution in [0.5, 0.6) is 0 Å². The summed E-state index contributed by atoms with van der Waals surface area (Å²) in [5.74, 6) is -1.56. The highest BCUT2D eigenvalue weighted by molar-refractivity contribution is 5.94. The quantitative estimate of drug-likeness (QED) is 0.635. The largest absolute Gasteiger partial charge is 0.457 e. The molecule has 2 aromatic rings. The minimum absolute atomic E-state index is 0.0261. The number of hydrogen-bond donors (Lipinski definition) is 0. The maximum absolute atomic E-state index is 13.3. The molecule has 0 amide bonds. The molecule has 0 fully saturated rings. The molecule has 0 unspecified atom stereocenters. The van der Waals surface area contributed by atoms with Crippen LogP contribution < -0.4 is 0 Å². The number of pyridine rings is 1. The van der Waals surface area contributed by atoms with Crippen molar-refractivity contribution in [2.75, 3.05) is 0 Å². The van der Waals surface area contributed by atoms with Crippen LogP contribution in [0.15, 0.2) is 42.7 Å². The summed E-state index contributed by atoms with van der Waals surface area (Å²) in [7, 11) is 0. The predicted molar refractivity (Wildman–Crippen MR) is 69.8 cm³/mol. The Morgan fingerprint density at radius 2 is 2.10 bits per heavy atom. The van der Waals surface area contributed by atoms with Crippen molar-refractivity contribution in [3.63, 3.8) is 0 Å². The third-order valence-electron chi connectivity index (χ3n) is 2.70. The third kappa shape index (κ3) is 3.26. The van der Waals surface area contributed by atoms with Gasteiger partial charge >= 0.3 is 5.97 Å². The number of carbonyl (C=O) groups excluding carboxylic acids is 2. The van der Waals surface area contributed by atoms with Gasteiger partial charge in [-0.15, -0.1) is 0 Å². The highest BCUT2D eigenvalue weighted by Crippen LogP contribution is 2.11. The molecule has 1 aromatic heterocycles. The van der Waals surface area contributed by atoms with Gasteiger partial charge in [0, 0.05) is 11.8 Å². The Morgan fingerprint density at radius 3 is 2.80 bits per heavy atom. The first kappa shape index (κ1) is 13.9. The van der Waals surface area contributed by atoms with E-state index in [1.807, 2.05) is 0 Å². The minimum atomic E-state index is -0.766. The van der Waals surface area contributed by atoms with Crippen molar-refractivity contribution in [1.29, 1.82) is 0 Å². The lowest BCUT2D eigenvalue weighted by Gasteiger charge is -2.06. The van der Waals surface area contributed by atoms with E-state index in [4.69, 9.17) is 4.74 Å². The molecule has 1 heterocycles. The fourth-order valence-electron chi connectivity index (χ4n) is 1.65. The fraction of sp³-hybridized carbons (Fsp3) is 0.133. The van der Waals surface area contributed by atoms with E-state index in [0.717, 1.165) is 6.20 Å². The van der Waals surface area contributed by atoms with Crippen molar-refractivity contribution in [2.24, 2.45) is 0 Å². The van der Waals surface area contributed by atoms with Crippen LogP contribution in [0.3, 0.4) is 0 Å². The molecule has 0 aliphatic carbocycles. The molecule has 0 radical (unpaired) electrons. The lowest BCUT2D eigenvalue weighted by Crippen LogP contribution is -2.08. The van der Waals surface area contributed by atoms with Gasteiger partial charge in [-0.3, -0.25) is 9.78 Å². The van der Waals surface area contributed by atoms with Crippen LogP contribution in [0.2, 0.25) is 0 Å². The van der Waals surface area contributed by atoms with Gasteiger partial charge in [0.25, 0.3) is 0 Å². The Kier molecular flexibility index (Phi) is 4.20. The average Bonchev–Trinajstić information content (AvgIpc) is 2.45. The second-order valence-electron chi connectivity index (χ2n) is 4.19. The summed E-state index contributed by atoms with van der Waals surface area (Å²) in [5, 5.41) is 0. The van der Waals surface area contributed by atoms with Crippen molar-refractivity contribution < 1.29 is 18.7 Å². The summed E-state index contributed by atoms with van der Waals surface area (Å²) in [5.41, 5.74) is 1.04. The van der Waals surface area contributed by atoms with Crippen molar-refractivity contribution >= 4 is 11.8 Å². The summed E-state index contributed by atoms with van der Waals surface area (Å²) in [6.45, 7) is 1.43. The highest BCUT2D eigenvalue weighted by Gasteiger charge is 2.13. The zero-order valence-electron chi connectivity index (χ0n) is 10.8. The first-order valence-corrected chi connectivity index (χ1v) is 5.94. The maximum Gasteiger partial charge on any atom is 0.341 e. The Hall–Kier alpha value is -2.56. The van der Waals surface area contributed by atoms with E-state index >= 15 is 0 Å². The summed E-state index contributed by atoms with van der Waals surface area (Å²) < 4.78 is 18.3. The second kappa shape index (κ2) is 6.06. The lowest BCUT2D eigenvalue weighted by molar-refractivity contribution is 0.0467. The third-order valence-corrected chi connectivity index (χ3v) is 2.70. The number of ketones is 1. The molecule has 2 rings (SSSR count). The molecule has 0 aliphatic heterocycles. The summed E-state index contributed by atoms with van der Waals surface area (Å²) in [6, 6.07) is 7.99. The fourth-order valence-corrected chi connectivity index (χ4v) is 1.65. The number of esters is 1. The van der Waals surface area contributed by atoms with Crippen LogP contribution in [-0.4, -0.2) is 16.7 Å². The molecule has 0 saturated carbocycles. The van der Waals surface area contributed by atoms with Crippen molar-refractivity contribution in [1.82, 2.24) is 4.98 Å². The van der Waals surface area contributed by atoms with E-state index in [2.05, 4.69) is 4.98 Å². The van der Waals surface area contributed by atoms with E-state index < -0.39 is 11.8 Å². The lowest BCUT2D eigenvalue weighted by atomic mass is 10.1. The maximum atomic E-state index is 13.3. The standard InChI is InChI=1S/C15H12FNO3/c1-10(18)12-4-2-3-11(7-12)9-20-15(19)13-5-6-17-8-14(13)16/h2-8H,9H2,1H3. The van der Waals surface area contributed by atoms with Crippen molar-refractivity contribution in [3.8, 4) is 0 Å². The van der Waals surface area contributed by atoms with Gasteiger partial charge in [0.2, 0.25) is 0 Å². The zero-order valence-corrected chi connectivity index (χ0v) is 10.8. The zero-order chi connectivity index (χ0) is 14.5. The second-order valence-corrected chi connectivity index (χ2v) is 4.19. The van der Waals surface area contributed by atoms with Crippen molar-refractivity contribution in [2.45, 2.75) is 13.5 Å². The first-order valence-electron chi connectivity index (χ1n) is 5.94. The topological polar surface area (TPSA) is 56.3 Å². The molecule has 0 bridgehead atoms. The van der Waals surface area contributed by atoms with E-state index in [0.29, 0.717) is 11.1 Å². The van der Waals surface area contributed by atoms with Gasteiger partial charge in [0.05, 0.1) is 11.8 Å². The molecule has 0 atom stereocenters. The molecule has 0 spiro atoms. The van der Waals surface area contributed by atoms with Gasteiger partial charge in [-0.25, -0.2) is 9.18 Å².